The van der Waals surface area contributed by atoms with Gasteiger partial charge >= 0.3 is 0 Å². The fourth-order valence-corrected chi connectivity index (χ4v) is 8.54. The summed E-state index contributed by atoms with van der Waals surface area (Å²) in [6.45, 7) is 0. The molecule has 298 valence electrons. The van der Waals surface area contributed by atoms with Crippen molar-refractivity contribution in [1.82, 2.24) is 14.5 Å². The second-order valence-corrected chi connectivity index (χ2v) is 15.4. The van der Waals surface area contributed by atoms with E-state index in [2.05, 4.69) is 59.2 Å². The van der Waals surface area contributed by atoms with Crippen molar-refractivity contribution in [2.45, 2.75) is 0 Å². The van der Waals surface area contributed by atoms with Crippen LogP contribution in [0.25, 0.3) is 94.8 Å². The van der Waals surface area contributed by atoms with Gasteiger partial charge in [-0.05, 0) is 89.5 Å². The number of hydrogen-bond acceptors (Lipinski definition) is 7. The third-order valence-corrected chi connectivity index (χ3v) is 11.6. The van der Waals surface area contributed by atoms with Gasteiger partial charge < -0.3 is 4.57 Å². The van der Waals surface area contributed by atoms with E-state index in [-0.39, 0.29) is 16.7 Å². The number of aromatic nitrogens is 3. The van der Waals surface area contributed by atoms with Gasteiger partial charge in [-0.3, -0.25) is 0 Å². The standard InChI is InChI=1S/C57H30N8/c58-31-36-15-19-39(20-16-36)48-28-44(52-30-51(41-9-3-1-4-10-41)63-57(64-52)42-11-5-2-6-12-42)29-49(40-21-17-37(32-59)18-22-40)56(48)65-53-14-8-7-13-47(53)50-27-43(23-24-54(50)65)55-45(34-61)25-38(33-60)26-46(55)35-62/h1-30H. The third-order valence-electron chi connectivity index (χ3n) is 11.6. The Kier molecular flexibility index (Phi) is 9.97. The Morgan fingerprint density at radius 1 is 0.354 bits per heavy atom. The topological polar surface area (TPSA) is 150 Å². The number of benzene rings is 8. The SMILES string of the molecule is N#Cc1ccc(-c2cc(-c3cc(-c4ccccc4)nc(-c4ccccc4)n3)cc(-c3ccc(C#N)cc3)c2-n2c3ccccc3c3cc(-c4c(C#N)cc(C#N)cc4C#N)ccc32)cc1. The van der Waals surface area contributed by atoms with E-state index in [0.717, 1.165) is 72.1 Å². The van der Waals surface area contributed by atoms with E-state index in [1.54, 1.807) is 0 Å². The summed E-state index contributed by atoms with van der Waals surface area (Å²) in [5.74, 6) is 0.574. The van der Waals surface area contributed by atoms with Crippen LogP contribution in [0.5, 0.6) is 0 Å². The highest BCUT2D eigenvalue weighted by molar-refractivity contribution is 6.12. The summed E-state index contributed by atoms with van der Waals surface area (Å²) >= 11 is 0. The van der Waals surface area contributed by atoms with Crippen molar-refractivity contribution >= 4 is 21.8 Å². The minimum absolute atomic E-state index is 0.237. The van der Waals surface area contributed by atoms with Crippen LogP contribution in [-0.4, -0.2) is 14.5 Å². The largest absolute Gasteiger partial charge is 0.308 e. The van der Waals surface area contributed by atoms with Gasteiger partial charge in [-0.2, -0.15) is 26.3 Å². The Hall–Kier alpha value is -9.91. The maximum atomic E-state index is 10.2. The molecule has 0 saturated carbocycles. The molecule has 8 heteroatoms. The average molecular weight is 827 g/mol. The van der Waals surface area contributed by atoms with Crippen LogP contribution in [0.3, 0.4) is 0 Å². The van der Waals surface area contributed by atoms with Crippen molar-refractivity contribution in [2.75, 3.05) is 0 Å². The Bertz CT molecular complexity index is 3570. The molecule has 2 aromatic heterocycles. The van der Waals surface area contributed by atoms with Gasteiger partial charge in [0.05, 0.1) is 86.3 Å². The molecule has 0 aliphatic carbocycles. The lowest BCUT2D eigenvalue weighted by atomic mass is 9.91. The molecular weight excluding hydrogens is 797 g/mol. The molecule has 0 atom stereocenters. The molecular formula is C57H30N8. The van der Waals surface area contributed by atoms with E-state index >= 15 is 0 Å². The van der Waals surface area contributed by atoms with Crippen LogP contribution in [0, 0.1) is 56.7 Å². The summed E-state index contributed by atoms with van der Waals surface area (Å²) < 4.78 is 2.24. The predicted octanol–water partition coefficient (Wildman–Crippen LogP) is 12.9. The van der Waals surface area contributed by atoms with E-state index in [1.165, 1.54) is 12.1 Å². The summed E-state index contributed by atoms with van der Waals surface area (Å²) in [6, 6.07) is 69.4. The van der Waals surface area contributed by atoms with Gasteiger partial charge in [0.25, 0.3) is 0 Å². The van der Waals surface area contributed by atoms with Gasteiger partial charge in [0.2, 0.25) is 0 Å². The van der Waals surface area contributed by atoms with Crippen molar-refractivity contribution in [3.8, 4) is 103 Å². The quantitative estimate of drug-likeness (QED) is 0.155. The van der Waals surface area contributed by atoms with Gasteiger partial charge in [0.15, 0.2) is 5.82 Å². The fraction of sp³-hybridized carbons (Fsp3) is 0. The fourth-order valence-electron chi connectivity index (χ4n) is 8.54. The first kappa shape index (κ1) is 39.2. The van der Waals surface area contributed by atoms with Gasteiger partial charge in [-0.1, -0.05) is 109 Å². The number of rotatable bonds is 7. The molecule has 65 heavy (non-hydrogen) atoms. The van der Waals surface area contributed by atoms with Crippen molar-refractivity contribution in [2.24, 2.45) is 0 Å². The van der Waals surface area contributed by atoms with E-state index < -0.39 is 0 Å². The zero-order valence-electron chi connectivity index (χ0n) is 34.4. The first-order valence-corrected chi connectivity index (χ1v) is 20.6. The second-order valence-electron chi connectivity index (χ2n) is 15.4. The lowest BCUT2D eigenvalue weighted by Crippen LogP contribution is -2.03. The molecule has 0 bridgehead atoms. The number of nitrogens with zero attached hydrogens (tertiary/aromatic N) is 8. The molecule has 0 unspecified atom stereocenters. The van der Waals surface area contributed by atoms with Crippen molar-refractivity contribution < 1.29 is 0 Å². The first-order valence-electron chi connectivity index (χ1n) is 20.6. The van der Waals surface area contributed by atoms with Gasteiger partial charge in [0, 0.05) is 44.2 Å². The number of hydrogen-bond donors (Lipinski definition) is 0. The molecule has 8 nitrogen and oxygen atoms in total. The van der Waals surface area contributed by atoms with Crippen LogP contribution in [0.2, 0.25) is 0 Å². The predicted molar refractivity (Wildman–Crippen MR) is 253 cm³/mol. The smallest absolute Gasteiger partial charge is 0.160 e. The third kappa shape index (κ3) is 7.07. The summed E-state index contributed by atoms with van der Waals surface area (Å²) in [6.07, 6.45) is 0. The van der Waals surface area contributed by atoms with Crippen LogP contribution in [0.1, 0.15) is 27.8 Å². The van der Waals surface area contributed by atoms with Crippen LogP contribution < -0.4 is 0 Å². The first-order chi connectivity index (χ1) is 32.0. The van der Waals surface area contributed by atoms with Gasteiger partial charge in [-0.15, -0.1) is 0 Å². The minimum Gasteiger partial charge on any atom is -0.308 e. The van der Waals surface area contributed by atoms with Crippen LogP contribution in [0.4, 0.5) is 0 Å². The van der Waals surface area contributed by atoms with Crippen molar-refractivity contribution in [1.29, 1.82) is 26.3 Å². The van der Waals surface area contributed by atoms with Gasteiger partial charge in [-0.25, -0.2) is 9.97 Å². The Labute approximate surface area is 374 Å². The summed E-state index contributed by atoms with van der Waals surface area (Å²) in [5, 5.41) is 51.7. The molecule has 0 aliphatic heterocycles. The molecule has 0 N–H and O–H groups in total. The molecule has 10 aromatic rings. The van der Waals surface area contributed by atoms with E-state index in [0.29, 0.717) is 33.8 Å². The van der Waals surface area contributed by atoms with Crippen LogP contribution in [0.15, 0.2) is 182 Å². The van der Waals surface area contributed by atoms with Crippen molar-refractivity contribution in [3.05, 3.63) is 210 Å². The Morgan fingerprint density at radius 3 is 1.40 bits per heavy atom. The zero-order valence-corrected chi connectivity index (χ0v) is 34.4. The normalized spacial score (nSPS) is 10.7. The minimum atomic E-state index is 0.237. The highest BCUT2D eigenvalue weighted by Crippen LogP contribution is 2.45. The summed E-state index contributed by atoms with van der Waals surface area (Å²) in [7, 11) is 0. The average Bonchev–Trinajstić information content (AvgIpc) is 3.71. The monoisotopic (exact) mass is 826 g/mol. The molecule has 0 fully saturated rings. The highest BCUT2D eigenvalue weighted by Gasteiger charge is 2.24. The highest BCUT2D eigenvalue weighted by atomic mass is 15.0. The molecule has 0 spiro atoms. The van der Waals surface area contributed by atoms with Gasteiger partial charge in [0.1, 0.15) is 0 Å². The van der Waals surface area contributed by atoms with Crippen molar-refractivity contribution in [3.63, 3.8) is 0 Å². The lowest BCUT2D eigenvalue weighted by molar-refractivity contribution is 1.17. The summed E-state index contributed by atoms with van der Waals surface area (Å²) in [5.41, 5.74) is 13.0. The number of nitriles is 5. The molecule has 2 heterocycles. The molecule has 0 aliphatic rings. The van der Waals surface area contributed by atoms with E-state index in [1.807, 2.05) is 146 Å². The summed E-state index contributed by atoms with van der Waals surface area (Å²) in [4.78, 5) is 10.3. The Balaban J connectivity index is 1.31. The van der Waals surface area contributed by atoms with E-state index in [9.17, 15) is 26.3 Å². The number of fused-ring (bicyclic) bond motifs is 3. The Morgan fingerprint density at radius 2 is 0.846 bits per heavy atom. The lowest BCUT2D eigenvalue weighted by Gasteiger charge is -2.21. The molecule has 0 amide bonds. The van der Waals surface area contributed by atoms with Crippen LogP contribution >= 0.6 is 0 Å². The molecule has 0 saturated heterocycles. The molecule has 10 rings (SSSR count). The number of para-hydroxylation sites is 1. The maximum absolute atomic E-state index is 10.2. The zero-order chi connectivity index (χ0) is 44.4. The second kappa shape index (κ2) is 16.5. The maximum Gasteiger partial charge on any atom is 0.160 e. The van der Waals surface area contributed by atoms with E-state index in [4.69, 9.17) is 9.97 Å². The molecule has 8 aromatic carbocycles. The molecule has 0 radical (unpaired) electrons. The van der Waals surface area contributed by atoms with Crippen LogP contribution in [-0.2, 0) is 0 Å².